The van der Waals surface area contributed by atoms with E-state index in [1.807, 2.05) is 37.3 Å². The molecule has 1 aromatic rings. The standard InChI is InChI=1S/C12H14N2/c1-10-5-6-12(9-14)11(8-10)4-2-3-7-13/h2,4-6,8H,3,7,13H2,1H3. The molecule has 1 rings (SSSR count). The zero-order chi connectivity index (χ0) is 10.4. The lowest BCUT2D eigenvalue weighted by Gasteiger charge is -1.99. The summed E-state index contributed by atoms with van der Waals surface area (Å²) in [5.41, 5.74) is 8.23. The summed E-state index contributed by atoms with van der Waals surface area (Å²) in [7, 11) is 0. The Hall–Kier alpha value is -1.59. The molecule has 0 aliphatic carbocycles. The Bertz CT molecular complexity index is 372. The molecule has 0 aromatic heterocycles. The highest BCUT2D eigenvalue weighted by Crippen LogP contribution is 2.12. The van der Waals surface area contributed by atoms with E-state index in [-0.39, 0.29) is 0 Å². The van der Waals surface area contributed by atoms with Gasteiger partial charge < -0.3 is 5.73 Å². The lowest BCUT2D eigenvalue weighted by molar-refractivity contribution is 1.01. The summed E-state index contributed by atoms with van der Waals surface area (Å²) in [6, 6.07) is 7.96. The summed E-state index contributed by atoms with van der Waals surface area (Å²) in [5, 5.41) is 8.86. The average molecular weight is 186 g/mol. The molecular formula is C12H14N2. The fourth-order valence-electron chi connectivity index (χ4n) is 1.23. The molecule has 0 saturated carbocycles. The van der Waals surface area contributed by atoms with Crippen LogP contribution in [-0.4, -0.2) is 6.54 Å². The molecule has 2 nitrogen and oxygen atoms in total. The molecule has 0 spiro atoms. The van der Waals surface area contributed by atoms with Gasteiger partial charge >= 0.3 is 0 Å². The summed E-state index contributed by atoms with van der Waals surface area (Å²) in [6.07, 6.45) is 4.80. The number of aryl methyl sites for hydroxylation is 1. The van der Waals surface area contributed by atoms with Crippen molar-refractivity contribution < 1.29 is 0 Å². The van der Waals surface area contributed by atoms with Crippen molar-refractivity contribution in [2.75, 3.05) is 6.54 Å². The smallest absolute Gasteiger partial charge is 0.0997 e. The Morgan fingerprint density at radius 2 is 2.29 bits per heavy atom. The van der Waals surface area contributed by atoms with Crippen molar-refractivity contribution in [3.63, 3.8) is 0 Å². The molecular weight excluding hydrogens is 172 g/mol. The van der Waals surface area contributed by atoms with Crippen LogP contribution in [0.2, 0.25) is 0 Å². The number of benzene rings is 1. The minimum Gasteiger partial charge on any atom is -0.330 e. The van der Waals surface area contributed by atoms with E-state index in [9.17, 15) is 0 Å². The Morgan fingerprint density at radius 3 is 2.93 bits per heavy atom. The Kier molecular flexibility index (Phi) is 3.90. The van der Waals surface area contributed by atoms with Crippen LogP contribution in [0.25, 0.3) is 6.08 Å². The van der Waals surface area contributed by atoms with Crippen LogP contribution in [0.15, 0.2) is 24.3 Å². The zero-order valence-corrected chi connectivity index (χ0v) is 8.33. The number of nitrogens with two attached hydrogens (primary N) is 1. The van der Waals surface area contributed by atoms with Gasteiger partial charge in [-0.05, 0) is 31.5 Å². The van der Waals surface area contributed by atoms with E-state index in [0.29, 0.717) is 12.1 Å². The van der Waals surface area contributed by atoms with E-state index in [1.54, 1.807) is 0 Å². The van der Waals surface area contributed by atoms with Crippen molar-refractivity contribution in [3.8, 4) is 6.07 Å². The largest absolute Gasteiger partial charge is 0.330 e. The predicted octanol–water partition coefficient (Wildman–Crippen LogP) is 2.23. The molecule has 2 heteroatoms. The predicted molar refractivity (Wildman–Crippen MR) is 58.6 cm³/mol. The lowest BCUT2D eigenvalue weighted by Crippen LogP contribution is -1.95. The van der Waals surface area contributed by atoms with E-state index in [4.69, 9.17) is 11.0 Å². The van der Waals surface area contributed by atoms with Crippen LogP contribution in [0, 0.1) is 18.3 Å². The molecule has 0 saturated heterocycles. The molecule has 0 aliphatic heterocycles. The van der Waals surface area contributed by atoms with Crippen LogP contribution < -0.4 is 5.73 Å². The minimum atomic E-state index is 0.643. The Labute approximate surface area is 84.7 Å². The van der Waals surface area contributed by atoms with Gasteiger partial charge in [0.05, 0.1) is 11.6 Å². The molecule has 0 amide bonds. The molecule has 2 N–H and O–H groups in total. The van der Waals surface area contributed by atoms with Gasteiger partial charge in [0.15, 0.2) is 0 Å². The average Bonchev–Trinajstić information content (AvgIpc) is 2.19. The quantitative estimate of drug-likeness (QED) is 0.787. The van der Waals surface area contributed by atoms with Crippen LogP contribution in [0.4, 0.5) is 0 Å². The van der Waals surface area contributed by atoms with Crippen molar-refractivity contribution in [2.45, 2.75) is 13.3 Å². The van der Waals surface area contributed by atoms with Crippen LogP contribution >= 0.6 is 0 Å². The minimum absolute atomic E-state index is 0.643. The van der Waals surface area contributed by atoms with Crippen LogP contribution in [0.1, 0.15) is 23.1 Å². The SMILES string of the molecule is Cc1ccc(C#N)c(C=CCCN)c1. The van der Waals surface area contributed by atoms with Gasteiger partial charge in [-0.25, -0.2) is 0 Å². The highest BCUT2D eigenvalue weighted by Gasteiger charge is 1.97. The van der Waals surface area contributed by atoms with E-state index in [2.05, 4.69) is 6.07 Å². The van der Waals surface area contributed by atoms with Crippen LogP contribution in [0.5, 0.6) is 0 Å². The summed E-state index contributed by atoms with van der Waals surface area (Å²) in [6.45, 7) is 2.66. The molecule has 0 fully saturated rings. The normalized spacial score (nSPS) is 10.4. The topological polar surface area (TPSA) is 49.8 Å². The summed E-state index contributed by atoms with van der Waals surface area (Å²) in [5.74, 6) is 0. The third-order valence-corrected chi connectivity index (χ3v) is 1.96. The summed E-state index contributed by atoms with van der Waals surface area (Å²) in [4.78, 5) is 0. The van der Waals surface area contributed by atoms with E-state index >= 15 is 0 Å². The molecule has 0 atom stereocenters. The summed E-state index contributed by atoms with van der Waals surface area (Å²) >= 11 is 0. The third-order valence-electron chi connectivity index (χ3n) is 1.96. The van der Waals surface area contributed by atoms with Crippen molar-refractivity contribution in [1.82, 2.24) is 0 Å². The van der Waals surface area contributed by atoms with E-state index < -0.39 is 0 Å². The molecule has 14 heavy (non-hydrogen) atoms. The first-order valence-electron chi connectivity index (χ1n) is 4.65. The second kappa shape index (κ2) is 5.21. The molecule has 72 valence electrons. The lowest BCUT2D eigenvalue weighted by atomic mass is 10.0. The maximum absolute atomic E-state index is 8.86. The van der Waals surface area contributed by atoms with Gasteiger partial charge in [-0.3, -0.25) is 0 Å². The van der Waals surface area contributed by atoms with Gasteiger partial charge in [-0.1, -0.05) is 29.8 Å². The maximum atomic E-state index is 8.86. The van der Waals surface area contributed by atoms with Crippen LogP contribution in [-0.2, 0) is 0 Å². The summed E-state index contributed by atoms with van der Waals surface area (Å²) < 4.78 is 0. The molecule has 0 bridgehead atoms. The maximum Gasteiger partial charge on any atom is 0.0997 e. The molecule has 0 aliphatic rings. The fraction of sp³-hybridized carbons (Fsp3) is 0.250. The van der Waals surface area contributed by atoms with Crippen molar-refractivity contribution in [3.05, 3.63) is 41.0 Å². The molecule has 0 radical (unpaired) electrons. The second-order valence-corrected chi connectivity index (χ2v) is 3.18. The fourth-order valence-corrected chi connectivity index (χ4v) is 1.23. The molecule has 0 unspecified atom stereocenters. The van der Waals surface area contributed by atoms with Crippen molar-refractivity contribution in [1.29, 1.82) is 5.26 Å². The number of nitriles is 1. The Morgan fingerprint density at radius 1 is 1.50 bits per heavy atom. The molecule has 0 heterocycles. The number of hydrogen-bond donors (Lipinski definition) is 1. The number of nitrogens with zero attached hydrogens (tertiary/aromatic N) is 1. The van der Waals surface area contributed by atoms with E-state index in [1.165, 1.54) is 0 Å². The monoisotopic (exact) mass is 186 g/mol. The molecule has 1 aromatic carbocycles. The van der Waals surface area contributed by atoms with Crippen molar-refractivity contribution in [2.24, 2.45) is 5.73 Å². The van der Waals surface area contributed by atoms with Crippen LogP contribution in [0.3, 0.4) is 0 Å². The first-order chi connectivity index (χ1) is 6.77. The third kappa shape index (κ3) is 2.72. The highest BCUT2D eigenvalue weighted by atomic mass is 14.5. The zero-order valence-electron chi connectivity index (χ0n) is 8.33. The van der Waals surface area contributed by atoms with Gasteiger partial charge in [0, 0.05) is 0 Å². The van der Waals surface area contributed by atoms with Gasteiger partial charge in [0.1, 0.15) is 0 Å². The van der Waals surface area contributed by atoms with E-state index in [0.717, 1.165) is 17.5 Å². The van der Waals surface area contributed by atoms with Gasteiger partial charge in [-0.2, -0.15) is 5.26 Å². The first-order valence-corrected chi connectivity index (χ1v) is 4.65. The van der Waals surface area contributed by atoms with Gasteiger partial charge in [0.25, 0.3) is 0 Å². The second-order valence-electron chi connectivity index (χ2n) is 3.18. The van der Waals surface area contributed by atoms with Crippen molar-refractivity contribution >= 4 is 6.08 Å². The van der Waals surface area contributed by atoms with Gasteiger partial charge in [-0.15, -0.1) is 0 Å². The number of hydrogen-bond acceptors (Lipinski definition) is 2. The Balaban J connectivity index is 2.94. The van der Waals surface area contributed by atoms with Gasteiger partial charge in [0.2, 0.25) is 0 Å². The highest BCUT2D eigenvalue weighted by molar-refractivity contribution is 5.58. The number of rotatable bonds is 3. The first kappa shape index (κ1) is 10.5.